The second kappa shape index (κ2) is 9.36. The van der Waals surface area contributed by atoms with Crippen molar-refractivity contribution >= 4 is 29.7 Å². The van der Waals surface area contributed by atoms with Gasteiger partial charge in [-0.15, -0.1) is 0 Å². The molecule has 0 aliphatic rings. The molecule has 0 radical (unpaired) electrons. The molecule has 5 nitrogen and oxygen atoms in total. The summed E-state index contributed by atoms with van der Waals surface area (Å²) >= 11 is 1.27. The van der Waals surface area contributed by atoms with Crippen LogP contribution in [0.1, 0.15) is 46.5 Å². The van der Waals surface area contributed by atoms with E-state index in [0.29, 0.717) is 16.7 Å². The molecule has 0 heterocycles. The van der Waals surface area contributed by atoms with Gasteiger partial charge in [-0.3, -0.25) is 18.8 Å². The number of amides is 1. The number of rotatable bonds is 8. The summed E-state index contributed by atoms with van der Waals surface area (Å²) < 4.78 is 14.5. The first-order valence-electron chi connectivity index (χ1n) is 8.78. The molecule has 1 amide bonds. The molecule has 0 bridgehead atoms. The molecule has 0 saturated heterocycles. The third kappa shape index (κ3) is 5.10. The van der Waals surface area contributed by atoms with Crippen LogP contribution in [0.5, 0.6) is 0 Å². The Morgan fingerprint density at radius 2 is 1.67 bits per heavy atom. The van der Waals surface area contributed by atoms with Gasteiger partial charge in [-0.05, 0) is 25.6 Å². The molecule has 0 saturated carbocycles. The van der Waals surface area contributed by atoms with E-state index in [9.17, 15) is 14.2 Å². The molecule has 2 aromatic carbocycles. The predicted molar refractivity (Wildman–Crippen MR) is 112 cm³/mol. The van der Waals surface area contributed by atoms with Crippen LogP contribution in [-0.2, 0) is 4.57 Å². The van der Waals surface area contributed by atoms with Gasteiger partial charge in [0.25, 0.3) is 12.6 Å². The van der Waals surface area contributed by atoms with Crippen molar-refractivity contribution in [2.45, 2.75) is 25.5 Å². The molecule has 2 unspecified atom stereocenters. The van der Waals surface area contributed by atoms with Crippen molar-refractivity contribution in [3.8, 4) is 0 Å². The van der Waals surface area contributed by atoms with Crippen LogP contribution in [0.4, 0.5) is 0 Å². The third-order valence-corrected chi connectivity index (χ3v) is 10.0. The molecule has 144 valence electrons. The molecule has 2 aromatic rings. The minimum absolute atomic E-state index is 0.143. The Bertz CT molecular complexity index is 857. The molecule has 0 aliphatic carbocycles. The van der Waals surface area contributed by atoms with E-state index >= 15 is 0 Å². The Kier molecular flexibility index (Phi) is 7.42. The zero-order valence-electron chi connectivity index (χ0n) is 16.0. The Morgan fingerprint density at radius 1 is 1.07 bits per heavy atom. The van der Waals surface area contributed by atoms with Gasteiger partial charge in [0.05, 0.1) is 0 Å². The SMILES string of the molecule is CCC(C)SP(=O)(NC)N(C)C(=O)c1cccc(C(=O)c2ccccc2)c1. The number of carbonyl (C=O) groups excluding carboxylic acids is 2. The van der Waals surface area contributed by atoms with E-state index < -0.39 is 6.65 Å². The highest BCUT2D eigenvalue weighted by molar-refractivity contribution is 8.57. The second-order valence-corrected chi connectivity index (χ2v) is 11.4. The van der Waals surface area contributed by atoms with Crippen LogP contribution in [0.15, 0.2) is 54.6 Å². The smallest absolute Gasteiger partial charge is 0.289 e. The van der Waals surface area contributed by atoms with Crippen molar-refractivity contribution < 1.29 is 14.2 Å². The monoisotopic (exact) mass is 404 g/mol. The van der Waals surface area contributed by atoms with Gasteiger partial charge in [-0.25, -0.2) is 5.09 Å². The van der Waals surface area contributed by atoms with Crippen LogP contribution < -0.4 is 5.09 Å². The number of ketones is 1. The second-order valence-electron chi connectivity index (χ2n) is 6.17. The van der Waals surface area contributed by atoms with Crippen LogP contribution in [-0.4, -0.2) is 35.7 Å². The topological polar surface area (TPSA) is 66.5 Å². The lowest BCUT2D eigenvalue weighted by atomic mass is 10.0. The zero-order valence-corrected chi connectivity index (χ0v) is 17.7. The van der Waals surface area contributed by atoms with E-state index in [-0.39, 0.29) is 16.9 Å². The standard InChI is InChI=1S/C20H25N2O3PS/c1-5-15(2)27-26(25,21-3)22(4)20(24)18-13-9-12-17(14-18)19(23)16-10-7-6-8-11-16/h6-15H,5H2,1-4H3,(H,21,25). The maximum absolute atomic E-state index is 13.2. The van der Waals surface area contributed by atoms with Gasteiger partial charge < -0.3 is 0 Å². The van der Waals surface area contributed by atoms with Gasteiger partial charge in [0.15, 0.2) is 5.78 Å². The van der Waals surface area contributed by atoms with Crippen LogP contribution in [0.25, 0.3) is 0 Å². The Morgan fingerprint density at radius 3 is 2.26 bits per heavy atom. The Labute approximate surface area is 164 Å². The zero-order chi connectivity index (χ0) is 20.0. The third-order valence-electron chi connectivity index (χ3n) is 4.28. The van der Waals surface area contributed by atoms with Gasteiger partial charge >= 0.3 is 0 Å². The number of hydrogen-bond donors (Lipinski definition) is 1. The normalized spacial score (nSPS) is 14.2. The van der Waals surface area contributed by atoms with E-state index in [4.69, 9.17) is 0 Å². The minimum atomic E-state index is -3.12. The number of carbonyl (C=O) groups is 2. The molecule has 2 rings (SSSR count). The maximum atomic E-state index is 13.2. The fourth-order valence-corrected chi connectivity index (χ4v) is 6.86. The maximum Gasteiger partial charge on any atom is 0.294 e. The van der Waals surface area contributed by atoms with Crippen molar-refractivity contribution in [3.63, 3.8) is 0 Å². The first kappa shape index (κ1) is 21.4. The molecular weight excluding hydrogens is 379 g/mol. The largest absolute Gasteiger partial charge is 0.294 e. The van der Waals surface area contributed by atoms with Crippen molar-refractivity contribution in [1.29, 1.82) is 0 Å². The van der Waals surface area contributed by atoms with Crippen LogP contribution in [0, 0.1) is 0 Å². The van der Waals surface area contributed by atoms with E-state index in [2.05, 4.69) is 5.09 Å². The molecule has 0 fully saturated rings. The average Bonchev–Trinajstić information content (AvgIpc) is 2.72. The summed E-state index contributed by atoms with van der Waals surface area (Å²) in [7, 11) is 3.12. The summed E-state index contributed by atoms with van der Waals surface area (Å²) in [4.78, 5) is 25.6. The summed E-state index contributed by atoms with van der Waals surface area (Å²) in [5.74, 6) is -0.537. The lowest BCUT2D eigenvalue weighted by Gasteiger charge is -2.29. The molecule has 0 aliphatic heterocycles. The van der Waals surface area contributed by atoms with Gasteiger partial charge in [0.1, 0.15) is 0 Å². The van der Waals surface area contributed by atoms with E-state index in [1.807, 2.05) is 19.9 Å². The van der Waals surface area contributed by atoms with Crippen LogP contribution in [0.2, 0.25) is 0 Å². The van der Waals surface area contributed by atoms with Crippen molar-refractivity contribution in [1.82, 2.24) is 9.76 Å². The minimum Gasteiger partial charge on any atom is -0.289 e. The van der Waals surface area contributed by atoms with E-state index in [1.165, 1.54) is 23.1 Å². The first-order valence-corrected chi connectivity index (χ1v) is 11.9. The van der Waals surface area contributed by atoms with Gasteiger partial charge in [-0.1, -0.05) is 67.7 Å². The highest BCUT2D eigenvalue weighted by atomic mass is 32.7. The molecular formula is C20H25N2O3PS. The fraction of sp³-hybridized carbons (Fsp3) is 0.300. The Hall–Kier alpha value is -1.88. The summed E-state index contributed by atoms with van der Waals surface area (Å²) in [6.07, 6.45) is 0.847. The fourth-order valence-electron chi connectivity index (χ4n) is 2.45. The summed E-state index contributed by atoms with van der Waals surface area (Å²) in [5.41, 5.74) is 1.32. The van der Waals surface area contributed by atoms with Crippen LogP contribution in [0.3, 0.4) is 0 Å². The highest BCUT2D eigenvalue weighted by Gasteiger charge is 2.33. The van der Waals surface area contributed by atoms with Gasteiger partial charge in [-0.2, -0.15) is 0 Å². The average molecular weight is 404 g/mol. The van der Waals surface area contributed by atoms with E-state index in [1.54, 1.807) is 55.6 Å². The predicted octanol–water partition coefficient (Wildman–Crippen LogP) is 4.85. The quantitative estimate of drug-likeness (QED) is 0.503. The molecule has 0 aromatic heterocycles. The van der Waals surface area contributed by atoms with Crippen molar-refractivity contribution in [2.24, 2.45) is 0 Å². The first-order chi connectivity index (χ1) is 12.8. The van der Waals surface area contributed by atoms with Gasteiger partial charge in [0.2, 0.25) is 0 Å². The summed E-state index contributed by atoms with van der Waals surface area (Å²) in [6, 6.07) is 15.5. The molecule has 0 spiro atoms. The molecule has 27 heavy (non-hydrogen) atoms. The lowest BCUT2D eigenvalue weighted by molar-refractivity contribution is 0.0882. The molecule has 7 heteroatoms. The van der Waals surface area contributed by atoms with Gasteiger partial charge in [0, 0.05) is 29.0 Å². The number of hydrogen-bond acceptors (Lipinski definition) is 4. The number of benzene rings is 2. The van der Waals surface area contributed by atoms with Crippen molar-refractivity contribution in [3.05, 3.63) is 71.3 Å². The lowest BCUT2D eigenvalue weighted by Crippen LogP contribution is -2.28. The number of nitrogens with one attached hydrogen (secondary N) is 1. The molecule has 2 atom stereocenters. The van der Waals surface area contributed by atoms with E-state index in [0.717, 1.165) is 6.42 Å². The van der Waals surface area contributed by atoms with Crippen molar-refractivity contribution in [2.75, 3.05) is 14.1 Å². The summed E-state index contributed by atoms with van der Waals surface area (Å²) in [5, 5.41) is 2.96. The summed E-state index contributed by atoms with van der Waals surface area (Å²) in [6.45, 7) is 0.873. The number of nitrogens with zero attached hydrogens (tertiary/aromatic N) is 1. The Balaban J connectivity index is 2.28. The van der Waals surface area contributed by atoms with Crippen LogP contribution >= 0.6 is 18.0 Å². The highest BCUT2D eigenvalue weighted by Crippen LogP contribution is 2.59. The molecule has 1 N–H and O–H groups in total.